The first kappa shape index (κ1) is 6.37. The molecule has 1 aliphatic heterocycles. The maximum atomic E-state index is 10.7. The van der Waals surface area contributed by atoms with Crippen LogP contribution in [0.3, 0.4) is 0 Å². The van der Waals surface area contributed by atoms with Crippen LogP contribution in [0.25, 0.3) is 0 Å². The number of hydrogen-bond acceptors (Lipinski definition) is 2. The van der Waals surface area contributed by atoms with Crippen LogP contribution in [-0.2, 0) is 15.3 Å². The number of allylic oxidation sites excluding steroid dienone is 1. The van der Waals surface area contributed by atoms with Crippen LogP contribution < -0.4 is 0 Å². The molecule has 0 fully saturated rings. The van der Waals surface area contributed by atoms with Gasteiger partial charge in [-0.15, -0.1) is 6.42 Å². The van der Waals surface area contributed by atoms with Gasteiger partial charge in [-0.3, -0.25) is 0 Å². The molecule has 1 rings (SSSR count). The minimum absolute atomic E-state index is 0.0592. The van der Waals surface area contributed by atoms with E-state index in [0.29, 0.717) is 5.76 Å². The number of terminal acetylenes is 1. The molecule has 0 aromatic heterocycles. The molecule has 0 N–H and O–H groups in total. The van der Waals surface area contributed by atoms with Crippen LogP contribution in [0.4, 0.5) is 0 Å². The number of rotatable bonds is 0. The maximum Gasteiger partial charge on any atom is 0.214 e. The van der Waals surface area contributed by atoms with Crippen molar-refractivity contribution >= 4 is 11.1 Å². The fourth-order valence-corrected chi connectivity index (χ4v) is 1.20. The molecule has 0 aromatic rings. The normalized spacial score (nSPS) is 32.7. The van der Waals surface area contributed by atoms with E-state index in [1.165, 1.54) is 0 Å². The molecule has 0 radical (unpaired) electrons. The Morgan fingerprint density at radius 2 is 2.67 bits per heavy atom. The second-order valence-corrected chi connectivity index (χ2v) is 3.16. The standard InChI is InChI=1S/C6H6O2S/c1-3-6-4-5(2)9(7)8-6/h1,4-5H,2H3. The number of hydrogen-bond donors (Lipinski definition) is 0. The lowest BCUT2D eigenvalue weighted by atomic mass is 10.4. The van der Waals surface area contributed by atoms with Gasteiger partial charge in [0.05, 0.1) is 5.25 Å². The highest BCUT2D eigenvalue weighted by Crippen LogP contribution is 2.15. The van der Waals surface area contributed by atoms with E-state index in [1.54, 1.807) is 13.0 Å². The second-order valence-electron chi connectivity index (χ2n) is 1.72. The van der Waals surface area contributed by atoms with Crippen LogP contribution in [-0.4, -0.2) is 9.46 Å². The topological polar surface area (TPSA) is 26.3 Å². The lowest BCUT2D eigenvalue weighted by Crippen LogP contribution is -2.00. The highest BCUT2D eigenvalue weighted by molar-refractivity contribution is 7.81. The van der Waals surface area contributed by atoms with Crippen LogP contribution in [0, 0.1) is 12.3 Å². The Labute approximate surface area is 56.6 Å². The van der Waals surface area contributed by atoms with Crippen LogP contribution in [0.15, 0.2) is 11.8 Å². The van der Waals surface area contributed by atoms with E-state index in [-0.39, 0.29) is 5.25 Å². The monoisotopic (exact) mass is 142 g/mol. The fraction of sp³-hybridized carbons (Fsp3) is 0.333. The molecule has 48 valence electrons. The van der Waals surface area contributed by atoms with E-state index < -0.39 is 11.1 Å². The molecule has 0 bridgehead atoms. The Balaban J connectivity index is 2.77. The summed E-state index contributed by atoms with van der Waals surface area (Å²) >= 11 is -1.23. The Morgan fingerprint density at radius 1 is 2.00 bits per heavy atom. The van der Waals surface area contributed by atoms with Crippen LogP contribution >= 0.6 is 0 Å². The molecule has 2 atom stereocenters. The highest BCUT2D eigenvalue weighted by atomic mass is 32.2. The van der Waals surface area contributed by atoms with E-state index in [0.717, 1.165) is 0 Å². The maximum absolute atomic E-state index is 10.7. The summed E-state index contributed by atoms with van der Waals surface area (Å²) in [6.07, 6.45) is 6.66. The van der Waals surface area contributed by atoms with Gasteiger partial charge in [-0.25, -0.2) is 4.21 Å². The average molecular weight is 142 g/mol. The third-order valence-electron chi connectivity index (χ3n) is 1.00. The van der Waals surface area contributed by atoms with Crippen molar-refractivity contribution in [3.63, 3.8) is 0 Å². The molecule has 0 saturated heterocycles. The van der Waals surface area contributed by atoms with E-state index in [2.05, 4.69) is 5.92 Å². The summed E-state index contributed by atoms with van der Waals surface area (Å²) in [6.45, 7) is 1.79. The molecule has 9 heavy (non-hydrogen) atoms. The minimum Gasteiger partial charge on any atom is -0.391 e. The first-order valence-electron chi connectivity index (χ1n) is 2.51. The zero-order valence-electron chi connectivity index (χ0n) is 4.96. The van der Waals surface area contributed by atoms with Crippen LogP contribution in [0.5, 0.6) is 0 Å². The van der Waals surface area contributed by atoms with Gasteiger partial charge in [0, 0.05) is 0 Å². The van der Waals surface area contributed by atoms with Gasteiger partial charge in [-0.05, 0) is 18.9 Å². The summed E-state index contributed by atoms with van der Waals surface area (Å²) < 4.78 is 15.4. The Hall–Kier alpha value is -0.750. The van der Waals surface area contributed by atoms with E-state index in [4.69, 9.17) is 10.6 Å². The minimum atomic E-state index is -1.23. The smallest absolute Gasteiger partial charge is 0.214 e. The molecule has 1 heterocycles. The summed E-state index contributed by atoms with van der Waals surface area (Å²) in [7, 11) is 0. The summed E-state index contributed by atoms with van der Waals surface area (Å²) in [4.78, 5) is 0. The zero-order chi connectivity index (χ0) is 6.85. The third kappa shape index (κ3) is 1.14. The van der Waals surface area contributed by atoms with Crippen molar-refractivity contribution in [2.24, 2.45) is 0 Å². The van der Waals surface area contributed by atoms with E-state index >= 15 is 0 Å². The van der Waals surface area contributed by atoms with Crippen molar-refractivity contribution in [3.8, 4) is 12.3 Å². The quantitative estimate of drug-likeness (QED) is 0.462. The molecule has 1 aliphatic rings. The van der Waals surface area contributed by atoms with Gasteiger partial charge in [0.15, 0.2) is 5.76 Å². The molecule has 0 aliphatic carbocycles. The predicted octanol–water partition coefficient (Wildman–Crippen LogP) is 0.586. The molecule has 2 nitrogen and oxygen atoms in total. The molecule has 0 aromatic carbocycles. The zero-order valence-corrected chi connectivity index (χ0v) is 5.77. The second kappa shape index (κ2) is 2.24. The van der Waals surface area contributed by atoms with Crippen molar-refractivity contribution in [2.75, 3.05) is 0 Å². The molecular weight excluding hydrogens is 136 g/mol. The van der Waals surface area contributed by atoms with Crippen molar-refractivity contribution in [1.29, 1.82) is 0 Å². The molecule has 0 spiro atoms. The largest absolute Gasteiger partial charge is 0.391 e. The SMILES string of the molecule is C#CC1=CC(C)S(=O)O1. The van der Waals surface area contributed by atoms with Crippen molar-refractivity contribution < 1.29 is 8.39 Å². The molecule has 0 amide bonds. The predicted molar refractivity (Wildman–Crippen MR) is 35.6 cm³/mol. The summed E-state index contributed by atoms with van der Waals surface area (Å²) in [5, 5.41) is -0.0592. The lowest BCUT2D eigenvalue weighted by molar-refractivity contribution is 0.491. The molecule has 0 saturated carbocycles. The molecule has 3 heteroatoms. The summed E-state index contributed by atoms with van der Waals surface area (Å²) in [5.74, 6) is 2.66. The van der Waals surface area contributed by atoms with Crippen molar-refractivity contribution in [1.82, 2.24) is 0 Å². The van der Waals surface area contributed by atoms with Gasteiger partial charge in [-0.1, -0.05) is 0 Å². The molecular formula is C6H6O2S. The van der Waals surface area contributed by atoms with Crippen molar-refractivity contribution in [3.05, 3.63) is 11.8 Å². The van der Waals surface area contributed by atoms with E-state index in [1.807, 2.05) is 0 Å². The van der Waals surface area contributed by atoms with Crippen molar-refractivity contribution in [2.45, 2.75) is 12.2 Å². The summed E-state index contributed by atoms with van der Waals surface area (Å²) in [6, 6.07) is 0. The van der Waals surface area contributed by atoms with Gasteiger partial charge < -0.3 is 4.18 Å². The van der Waals surface area contributed by atoms with Gasteiger partial charge >= 0.3 is 0 Å². The average Bonchev–Trinajstić information content (AvgIpc) is 2.13. The Bertz CT molecular complexity index is 212. The van der Waals surface area contributed by atoms with Gasteiger partial charge in [-0.2, -0.15) is 0 Å². The third-order valence-corrected chi connectivity index (χ3v) is 2.09. The Morgan fingerprint density at radius 3 is 2.89 bits per heavy atom. The van der Waals surface area contributed by atoms with Gasteiger partial charge in [0.1, 0.15) is 0 Å². The van der Waals surface area contributed by atoms with Crippen LogP contribution in [0.1, 0.15) is 6.92 Å². The summed E-state index contributed by atoms with van der Waals surface area (Å²) in [5.41, 5.74) is 0. The van der Waals surface area contributed by atoms with Crippen LogP contribution in [0.2, 0.25) is 0 Å². The van der Waals surface area contributed by atoms with Gasteiger partial charge in [0.2, 0.25) is 11.1 Å². The Kier molecular flexibility index (Phi) is 1.58. The fourth-order valence-electron chi connectivity index (χ4n) is 0.533. The first-order valence-corrected chi connectivity index (χ1v) is 3.65. The first-order chi connectivity index (χ1) is 4.24. The molecule has 2 unspecified atom stereocenters. The van der Waals surface area contributed by atoms with E-state index in [9.17, 15) is 4.21 Å². The van der Waals surface area contributed by atoms with Gasteiger partial charge in [0.25, 0.3) is 0 Å². The highest BCUT2D eigenvalue weighted by Gasteiger charge is 2.19. The lowest BCUT2D eigenvalue weighted by Gasteiger charge is -1.92.